The van der Waals surface area contributed by atoms with Gasteiger partial charge in [-0.2, -0.15) is 0 Å². The third-order valence-electron chi connectivity index (χ3n) is 4.34. The fraction of sp³-hybridized carbons (Fsp3) is 0.529. The maximum absolute atomic E-state index is 12.3. The summed E-state index contributed by atoms with van der Waals surface area (Å²) in [7, 11) is -1.52. The zero-order valence-electron chi connectivity index (χ0n) is 15.3. The molecule has 1 saturated heterocycles. The zero-order chi connectivity index (χ0) is 20.0. The Kier molecular flexibility index (Phi) is 7.60. The molecule has 0 saturated carbocycles. The molecular formula is C17H23ClN2O6S. The number of ether oxygens (including phenoxy) is 1. The summed E-state index contributed by atoms with van der Waals surface area (Å²) in [4.78, 5) is 30.7. The number of nitrogens with zero attached hydrogens (tertiary/aromatic N) is 2. The monoisotopic (exact) mass is 418 g/mol. The Morgan fingerprint density at radius 1 is 1.19 bits per heavy atom. The summed E-state index contributed by atoms with van der Waals surface area (Å²) in [6.07, 6.45) is 4.02. The van der Waals surface area contributed by atoms with Gasteiger partial charge in [0, 0.05) is 20.1 Å². The first-order valence-corrected chi connectivity index (χ1v) is 10.4. The third kappa shape index (κ3) is 5.41. The Hall–Kier alpha value is -1.68. The highest BCUT2D eigenvalue weighted by Crippen LogP contribution is 2.23. The number of likely N-dealkylation sites (tertiary alicyclic amines) is 1. The van der Waals surface area contributed by atoms with Gasteiger partial charge in [0.2, 0.25) is 0 Å². The number of carbonyl (C=O) groups is 2. The summed E-state index contributed by atoms with van der Waals surface area (Å²) in [6, 6.07) is 3.64. The van der Waals surface area contributed by atoms with Crippen molar-refractivity contribution in [3.8, 4) is 0 Å². The number of hydroxylamine groups is 1. The molecule has 0 aliphatic carbocycles. The molecule has 0 radical (unpaired) electrons. The number of benzene rings is 1. The van der Waals surface area contributed by atoms with Crippen LogP contribution in [0.1, 0.15) is 36.0 Å². The van der Waals surface area contributed by atoms with Gasteiger partial charge in [-0.25, -0.2) is 13.2 Å². The highest BCUT2D eigenvalue weighted by Gasteiger charge is 2.24. The van der Waals surface area contributed by atoms with Crippen molar-refractivity contribution in [2.24, 2.45) is 0 Å². The van der Waals surface area contributed by atoms with E-state index in [4.69, 9.17) is 21.2 Å². The van der Waals surface area contributed by atoms with Crippen molar-refractivity contribution in [2.45, 2.75) is 30.6 Å². The van der Waals surface area contributed by atoms with Gasteiger partial charge in [-0.05, 0) is 31.0 Å². The van der Waals surface area contributed by atoms with Crippen molar-refractivity contribution in [3.63, 3.8) is 0 Å². The summed E-state index contributed by atoms with van der Waals surface area (Å²) in [5, 5.41) is 0.0289. The standard InChI is InChI=1S/C17H23ClN2O6S/c1-19(25-2)27(23,24)13-7-8-15(18)14(11-13)17(22)26-12-16(21)20-9-5-3-4-6-10-20/h7-8,11H,3-6,9-10,12H2,1-2H3. The molecule has 150 valence electrons. The second-order valence-electron chi connectivity index (χ2n) is 6.11. The lowest BCUT2D eigenvalue weighted by Crippen LogP contribution is -2.35. The minimum Gasteiger partial charge on any atom is -0.452 e. The molecule has 1 aromatic carbocycles. The lowest BCUT2D eigenvalue weighted by atomic mass is 10.2. The van der Waals surface area contributed by atoms with E-state index in [0.717, 1.165) is 31.7 Å². The molecule has 0 spiro atoms. The van der Waals surface area contributed by atoms with Crippen LogP contribution in [0.25, 0.3) is 0 Å². The van der Waals surface area contributed by atoms with Crippen LogP contribution in [0.3, 0.4) is 0 Å². The molecule has 1 aliphatic heterocycles. The molecule has 0 bridgehead atoms. The van der Waals surface area contributed by atoms with Crippen LogP contribution in [0.4, 0.5) is 0 Å². The van der Waals surface area contributed by atoms with Crippen molar-refractivity contribution in [3.05, 3.63) is 28.8 Å². The van der Waals surface area contributed by atoms with Gasteiger partial charge in [0.05, 0.1) is 22.6 Å². The molecule has 8 nitrogen and oxygen atoms in total. The smallest absolute Gasteiger partial charge is 0.340 e. The van der Waals surface area contributed by atoms with E-state index in [2.05, 4.69) is 0 Å². The van der Waals surface area contributed by atoms with Crippen molar-refractivity contribution >= 4 is 33.5 Å². The second kappa shape index (κ2) is 9.50. The number of halogens is 1. The Morgan fingerprint density at radius 3 is 2.41 bits per heavy atom. The van der Waals surface area contributed by atoms with E-state index in [0.29, 0.717) is 17.6 Å². The van der Waals surface area contributed by atoms with E-state index in [1.165, 1.54) is 26.3 Å². The molecule has 0 N–H and O–H groups in total. The normalized spacial score (nSPS) is 15.5. The van der Waals surface area contributed by atoms with Crippen LogP contribution < -0.4 is 0 Å². The van der Waals surface area contributed by atoms with Crippen LogP contribution in [0.5, 0.6) is 0 Å². The summed E-state index contributed by atoms with van der Waals surface area (Å²) in [6.45, 7) is 0.882. The van der Waals surface area contributed by atoms with Crippen molar-refractivity contribution in [2.75, 3.05) is 33.9 Å². The van der Waals surface area contributed by atoms with Crippen LogP contribution in [0, 0.1) is 0 Å². The van der Waals surface area contributed by atoms with E-state index >= 15 is 0 Å². The van der Waals surface area contributed by atoms with E-state index in [9.17, 15) is 18.0 Å². The summed E-state index contributed by atoms with van der Waals surface area (Å²) >= 11 is 6.00. The molecular weight excluding hydrogens is 396 g/mol. The minimum atomic E-state index is -3.94. The highest BCUT2D eigenvalue weighted by atomic mass is 35.5. The number of esters is 1. The second-order valence-corrected chi connectivity index (χ2v) is 8.45. The molecule has 1 amide bonds. The van der Waals surface area contributed by atoms with E-state index in [-0.39, 0.29) is 21.4 Å². The molecule has 0 aromatic heterocycles. The predicted molar refractivity (Wildman–Crippen MR) is 98.7 cm³/mol. The van der Waals surface area contributed by atoms with Gasteiger partial charge in [0.25, 0.3) is 15.9 Å². The summed E-state index contributed by atoms with van der Waals surface area (Å²) < 4.78 is 30.3. The number of hydrogen-bond acceptors (Lipinski definition) is 6. The minimum absolute atomic E-state index is 0.0289. The molecule has 0 atom stereocenters. The topological polar surface area (TPSA) is 93.2 Å². The maximum Gasteiger partial charge on any atom is 0.340 e. The average molecular weight is 419 g/mol. The number of carbonyl (C=O) groups excluding carboxylic acids is 2. The largest absolute Gasteiger partial charge is 0.452 e. The molecule has 10 heteroatoms. The fourth-order valence-electron chi connectivity index (χ4n) is 2.68. The zero-order valence-corrected chi connectivity index (χ0v) is 16.9. The van der Waals surface area contributed by atoms with Crippen LogP contribution in [0.2, 0.25) is 5.02 Å². The van der Waals surface area contributed by atoms with Gasteiger partial charge in [0.1, 0.15) is 0 Å². The average Bonchev–Trinajstić information content (AvgIpc) is 2.94. The van der Waals surface area contributed by atoms with Gasteiger partial charge in [-0.1, -0.05) is 28.9 Å². The molecule has 1 aliphatic rings. The van der Waals surface area contributed by atoms with Gasteiger partial charge in [-0.15, -0.1) is 0 Å². The summed E-state index contributed by atoms with van der Waals surface area (Å²) in [5.41, 5.74) is -0.133. The number of sulfonamides is 1. The van der Waals surface area contributed by atoms with E-state index in [1.807, 2.05) is 0 Å². The molecule has 1 aromatic rings. The first-order chi connectivity index (χ1) is 12.8. The van der Waals surface area contributed by atoms with Crippen LogP contribution >= 0.6 is 11.6 Å². The van der Waals surface area contributed by atoms with Crippen LogP contribution in [-0.2, 0) is 24.4 Å². The Balaban J connectivity index is 2.09. The predicted octanol–water partition coefficient (Wildman–Crippen LogP) is 2.08. The fourth-order valence-corrected chi connectivity index (χ4v) is 3.88. The molecule has 1 fully saturated rings. The Morgan fingerprint density at radius 2 is 1.81 bits per heavy atom. The number of hydrogen-bond donors (Lipinski definition) is 0. The molecule has 2 rings (SSSR count). The lowest BCUT2D eigenvalue weighted by molar-refractivity contribution is -0.134. The van der Waals surface area contributed by atoms with Gasteiger partial charge in [0.15, 0.2) is 6.61 Å². The number of amides is 1. The van der Waals surface area contributed by atoms with E-state index < -0.39 is 22.6 Å². The highest BCUT2D eigenvalue weighted by molar-refractivity contribution is 7.89. The van der Waals surface area contributed by atoms with Crippen molar-refractivity contribution in [1.29, 1.82) is 0 Å². The van der Waals surface area contributed by atoms with Gasteiger partial charge >= 0.3 is 5.97 Å². The molecule has 0 unspecified atom stereocenters. The third-order valence-corrected chi connectivity index (χ3v) is 6.34. The van der Waals surface area contributed by atoms with Crippen LogP contribution in [0.15, 0.2) is 23.1 Å². The van der Waals surface area contributed by atoms with Crippen molar-refractivity contribution in [1.82, 2.24) is 9.37 Å². The quantitative estimate of drug-likeness (QED) is 0.518. The summed E-state index contributed by atoms with van der Waals surface area (Å²) in [5.74, 6) is -1.13. The number of rotatable bonds is 6. The van der Waals surface area contributed by atoms with Crippen LogP contribution in [-0.4, -0.2) is 63.5 Å². The maximum atomic E-state index is 12.3. The van der Waals surface area contributed by atoms with Gasteiger partial charge in [-0.3, -0.25) is 9.63 Å². The first-order valence-electron chi connectivity index (χ1n) is 8.55. The SMILES string of the molecule is CON(C)S(=O)(=O)c1ccc(Cl)c(C(=O)OCC(=O)N2CCCCCC2)c1. The molecule has 27 heavy (non-hydrogen) atoms. The first kappa shape index (κ1) is 21.6. The Labute approximate surface area is 164 Å². The molecule has 1 heterocycles. The van der Waals surface area contributed by atoms with Crippen molar-refractivity contribution < 1.29 is 27.6 Å². The van der Waals surface area contributed by atoms with Gasteiger partial charge < -0.3 is 9.64 Å². The van der Waals surface area contributed by atoms with E-state index in [1.54, 1.807) is 4.90 Å². The Bertz CT molecular complexity index is 791. The lowest BCUT2D eigenvalue weighted by Gasteiger charge is -2.20.